The summed E-state index contributed by atoms with van der Waals surface area (Å²) in [6, 6.07) is 3.79. The highest BCUT2D eigenvalue weighted by Gasteiger charge is 2.26. The maximum atomic E-state index is 13.0. The molecular weight excluding hydrogens is 215 g/mol. The standard InChI is InChI=1S/C11H13FO4/c12-9-5-7(1-3-10(9)14)15-11-4-2-8(6-13)16-11/h1,3,5,8,11,13-14H,2,4,6H2. The van der Waals surface area contributed by atoms with Crippen LogP contribution >= 0.6 is 0 Å². The molecule has 1 aliphatic rings. The van der Waals surface area contributed by atoms with Crippen molar-refractivity contribution in [2.45, 2.75) is 25.2 Å². The van der Waals surface area contributed by atoms with Crippen LogP contribution in [-0.4, -0.2) is 29.2 Å². The van der Waals surface area contributed by atoms with Crippen molar-refractivity contribution in [2.75, 3.05) is 6.61 Å². The number of aliphatic hydroxyl groups is 1. The predicted octanol–water partition coefficient (Wildman–Crippen LogP) is 1.41. The Morgan fingerprint density at radius 3 is 2.88 bits per heavy atom. The van der Waals surface area contributed by atoms with Crippen molar-refractivity contribution in [1.82, 2.24) is 0 Å². The number of hydrogen-bond donors (Lipinski definition) is 2. The number of phenols is 1. The third-order valence-electron chi connectivity index (χ3n) is 2.46. The molecule has 0 saturated carbocycles. The molecule has 88 valence electrons. The highest BCUT2D eigenvalue weighted by atomic mass is 19.1. The van der Waals surface area contributed by atoms with Gasteiger partial charge in [0, 0.05) is 12.5 Å². The van der Waals surface area contributed by atoms with E-state index in [1.165, 1.54) is 12.1 Å². The third kappa shape index (κ3) is 2.43. The van der Waals surface area contributed by atoms with E-state index in [1.54, 1.807) is 0 Å². The van der Waals surface area contributed by atoms with Crippen molar-refractivity contribution in [3.8, 4) is 11.5 Å². The van der Waals surface area contributed by atoms with E-state index in [4.69, 9.17) is 19.7 Å². The van der Waals surface area contributed by atoms with Crippen LogP contribution in [0.25, 0.3) is 0 Å². The summed E-state index contributed by atoms with van der Waals surface area (Å²) in [4.78, 5) is 0. The number of ether oxygens (including phenoxy) is 2. The maximum Gasteiger partial charge on any atom is 0.200 e. The van der Waals surface area contributed by atoms with Crippen LogP contribution in [0.4, 0.5) is 4.39 Å². The van der Waals surface area contributed by atoms with Crippen LogP contribution in [0.1, 0.15) is 12.8 Å². The van der Waals surface area contributed by atoms with Crippen LogP contribution < -0.4 is 4.74 Å². The summed E-state index contributed by atoms with van der Waals surface area (Å²) in [5.41, 5.74) is 0. The van der Waals surface area contributed by atoms with Crippen LogP contribution in [0.5, 0.6) is 11.5 Å². The molecule has 0 aromatic heterocycles. The number of aromatic hydroxyl groups is 1. The summed E-state index contributed by atoms with van der Waals surface area (Å²) in [6.07, 6.45) is 0.725. The molecule has 1 fully saturated rings. The number of aliphatic hydroxyl groups excluding tert-OH is 1. The lowest BCUT2D eigenvalue weighted by molar-refractivity contribution is -0.0851. The average molecular weight is 228 g/mol. The molecule has 0 aliphatic carbocycles. The Bertz CT molecular complexity index is 369. The molecule has 2 N–H and O–H groups in total. The molecule has 1 heterocycles. The summed E-state index contributed by atoms with van der Waals surface area (Å²) in [6.45, 7) is -0.0379. The number of halogens is 1. The summed E-state index contributed by atoms with van der Waals surface area (Å²) in [5, 5.41) is 17.8. The maximum absolute atomic E-state index is 13.0. The van der Waals surface area contributed by atoms with Gasteiger partial charge < -0.3 is 19.7 Å². The quantitative estimate of drug-likeness (QED) is 0.821. The number of benzene rings is 1. The first kappa shape index (κ1) is 11.2. The van der Waals surface area contributed by atoms with E-state index in [0.717, 1.165) is 12.5 Å². The minimum absolute atomic E-state index is 0.0379. The molecule has 1 aromatic carbocycles. The van der Waals surface area contributed by atoms with Crippen molar-refractivity contribution in [1.29, 1.82) is 0 Å². The van der Waals surface area contributed by atoms with Gasteiger partial charge in [-0.25, -0.2) is 4.39 Å². The molecule has 2 unspecified atom stereocenters. The van der Waals surface area contributed by atoms with Gasteiger partial charge in [-0.15, -0.1) is 0 Å². The van der Waals surface area contributed by atoms with Gasteiger partial charge in [0.05, 0.1) is 12.7 Å². The molecule has 2 atom stereocenters. The van der Waals surface area contributed by atoms with Crippen molar-refractivity contribution in [3.05, 3.63) is 24.0 Å². The Morgan fingerprint density at radius 2 is 2.25 bits per heavy atom. The number of rotatable bonds is 3. The molecule has 2 rings (SSSR count). The smallest absolute Gasteiger partial charge is 0.200 e. The fourth-order valence-corrected chi connectivity index (χ4v) is 1.61. The average Bonchev–Trinajstić information content (AvgIpc) is 2.71. The van der Waals surface area contributed by atoms with Crippen LogP contribution in [0.15, 0.2) is 18.2 Å². The lowest BCUT2D eigenvalue weighted by Gasteiger charge is -2.14. The van der Waals surface area contributed by atoms with Crippen LogP contribution in [0.2, 0.25) is 0 Å². The molecule has 0 bridgehead atoms. The van der Waals surface area contributed by atoms with Crippen LogP contribution in [0.3, 0.4) is 0 Å². The second-order valence-electron chi connectivity index (χ2n) is 3.68. The largest absolute Gasteiger partial charge is 0.505 e. The first-order valence-electron chi connectivity index (χ1n) is 5.10. The van der Waals surface area contributed by atoms with Gasteiger partial charge in [-0.2, -0.15) is 0 Å². The molecule has 0 radical (unpaired) electrons. The van der Waals surface area contributed by atoms with Gasteiger partial charge in [0.15, 0.2) is 17.9 Å². The molecule has 0 amide bonds. The molecule has 5 heteroatoms. The van der Waals surface area contributed by atoms with Crippen molar-refractivity contribution < 1.29 is 24.1 Å². The predicted molar refractivity (Wildman–Crippen MR) is 53.7 cm³/mol. The first-order chi connectivity index (χ1) is 7.69. The third-order valence-corrected chi connectivity index (χ3v) is 2.46. The number of phenolic OH excluding ortho intramolecular Hbond substituents is 1. The zero-order valence-corrected chi connectivity index (χ0v) is 8.60. The van der Waals surface area contributed by atoms with E-state index in [9.17, 15) is 4.39 Å². The molecule has 0 spiro atoms. The SMILES string of the molecule is OCC1CCC(Oc2ccc(O)c(F)c2)O1. The van der Waals surface area contributed by atoms with E-state index >= 15 is 0 Å². The zero-order chi connectivity index (χ0) is 11.5. The highest BCUT2D eigenvalue weighted by molar-refractivity contribution is 5.32. The second kappa shape index (κ2) is 4.67. The first-order valence-corrected chi connectivity index (χ1v) is 5.10. The molecule has 16 heavy (non-hydrogen) atoms. The van der Waals surface area contributed by atoms with Gasteiger partial charge in [-0.1, -0.05) is 0 Å². The number of hydrogen-bond acceptors (Lipinski definition) is 4. The monoisotopic (exact) mass is 228 g/mol. The van der Waals surface area contributed by atoms with E-state index in [-0.39, 0.29) is 12.7 Å². The van der Waals surface area contributed by atoms with Crippen molar-refractivity contribution in [3.63, 3.8) is 0 Å². The van der Waals surface area contributed by atoms with E-state index in [0.29, 0.717) is 12.2 Å². The van der Waals surface area contributed by atoms with Gasteiger partial charge in [0.2, 0.25) is 0 Å². The van der Waals surface area contributed by atoms with Gasteiger partial charge in [-0.05, 0) is 18.6 Å². The fraction of sp³-hybridized carbons (Fsp3) is 0.455. The zero-order valence-electron chi connectivity index (χ0n) is 8.60. The summed E-state index contributed by atoms with van der Waals surface area (Å²) in [7, 11) is 0. The fourth-order valence-electron chi connectivity index (χ4n) is 1.61. The van der Waals surface area contributed by atoms with Gasteiger partial charge in [0.1, 0.15) is 5.75 Å². The van der Waals surface area contributed by atoms with Crippen LogP contribution in [0, 0.1) is 5.82 Å². The molecular formula is C11H13FO4. The summed E-state index contributed by atoms with van der Waals surface area (Å²) < 4.78 is 23.7. The molecule has 1 aliphatic heterocycles. The molecule has 1 aromatic rings. The molecule has 4 nitrogen and oxygen atoms in total. The van der Waals surface area contributed by atoms with E-state index < -0.39 is 17.9 Å². The summed E-state index contributed by atoms with van der Waals surface area (Å²) >= 11 is 0. The van der Waals surface area contributed by atoms with E-state index in [2.05, 4.69) is 0 Å². The Hall–Kier alpha value is -1.33. The topological polar surface area (TPSA) is 58.9 Å². The van der Waals surface area contributed by atoms with Gasteiger partial charge in [-0.3, -0.25) is 0 Å². The van der Waals surface area contributed by atoms with Crippen molar-refractivity contribution >= 4 is 0 Å². The van der Waals surface area contributed by atoms with Gasteiger partial charge >= 0.3 is 0 Å². The Labute approximate surface area is 92.2 Å². The molecule has 1 saturated heterocycles. The summed E-state index contributed by atoms with van der Waals surface area (Å²) in [5.74, 6) is -0.832. The lowest BCUT2D eigenvalue weighted by atomic mass is 10.2. The Kier molecular flexibility index (Phi) is 3.26. The van der Waals surface area contributed by atoms with Crippen LogP contribution in [-0.2, 0) is 4.74 Å². The normalized spacial score (nSPS) is 24.6. The van der Waals surface area contributed by atoms with Crippen molar-refractivity contribution in [2.24, 2.45) is 0 Å². The minimum atomic E-state index is -0.728. The Balaban J connectivity index is 1.97. The second-order valence-corrected chi connectivity index (χ2v) is 3.68. The minimum Gasteiger partial charge on any atom is -0.505 e. The van der Waals surface area contributed by atoms with Gasteiger partial charge in [0.25, 0.3) is 0 Å². The lowest BCUT2D eigenvalue weighted by Crippen LogP contribution is -2.19. The van der Waals surface area contributed by atoms with E-state index in [1.807, 2.05) is 0 Å². The Morgan fingerprint density at radius 1 is 1.44 bits per heavy atom. The highest BCUT2D eigenvalue weighted by Crippen LogP contribution is 2.26.